The number of rotatable bonds is 12. The summed E-state index contributed by atoms with van der Waals surface area (Å²) in [4.78, 5) is 36.4. The number of carbonyl (C=O) groups is 3. The number of aliphatic carboxylic acids is 1. The second-order valence-electron chi connectivity index (χ2n) is 9.45. The molecule has 3 aromatic rings. The Hall–Kier alpha value is -4.21. The number of hydrogen-bond donors (Lipinski definition) is 4. The molecule has 0 saturated carbocycles. The minimum atomic E-state index is -1.30. The lowest BCUT2D eigenvalue weighted by molar-refractivity contribution is -0.146. The van der Waals surface area contributed by atoms with Crippen molar-refractivity contribution in [1.82, 2.24) is 10.6 Å². The summed E-state index contributed by atoms with van der Waals surface area (Å²) in [7, 11) is 0. The first-order chi connectivity index (χ1) is 18.8. The van der Waals surface area contributed by atoms with E-state index in [0.29, 0.717) is 0 Å². The summed E-state index contributed by atoms with van der Waals surface area (Å²) in [6.07, 6.45) is -3.18. The number of ether oxygens (including phenoxy) is 2. The minimum absolute atomic E-state index is 0.0992. The fraction of sp³-hybridized carbons (Fsp3) is 0.300. The molecule has 0 saturated heterocycles. The molecule has 0 bridgehead atoms. The number of alkyl carbamates (subject to hydrolysis) is 1. The van der Waals surface area contributed by atoms with Crippen LogP contribution in [0.5, 0.6) is 0 Å². The number of fused-ring (bicyclic) bond motifs is 3. The first-order valence-electron chi connectivity index (χ1n) is 12.8. The third kappa shape index (κ3) is 7.22. The van der Waals surface area contributed by atoms with E-state index < -0.39 is 42.6 Å². The number of benzene rings is 3. The lowest BCUT2D eigenvalue weighted by Crippen LogP contribution is -2.49. The zero-order chi connectivity index (χ0) is 27.8. The normalized spacial score (nSPS) is 14.4. The quantitative estimate of drug-likeness (QED) is 0.281. The van der Waals surface area contributed by atoms with Gasteiger partial charge in [0.15, 0.2) is 6.04 Å². The van der Waals surface area contributed by atoms with Gasteiger partial charge < -0.3 is 30.3 Å². The van der Waals surface area contributed by atoms with E-state index in [9.17, 15) is 24.6 Å². The molecular formula is C30H32N2O7. The van der Waals surface area contributed by atoms with Crippen molar-refractivity contribution in [3.63, 3.8) is 0 Å². The Morgan fingerprint density at radius 1 is 0.897 bits per heavy atom. The predicted octanol–water partition coefficient (Wildman–Crippen LogP) is 3.45. The molecule has 0 heterocycles. The van der Waals surface area contributed by atoms with E-state index in [2.05, 4.69) is 10.6 Å². The third-order valence-electron chi connectivity index (χ3n) is 6.65. The topological polar surface area (TPSA) is 134 Å². The van der Waals surface area contributed by atoms with E-state index in [1.54, 1.807) is 6.92 Å². The molecule has 1 aliphatic carbocycles. The highest BCUT2D eigenvalue weighted by Gasteiger charge is 2.30. The maximum absolute atomic E-state index is 12.4. The number of amides is 2. The van der Waals surface area contributed by atoms with Crippen LogP contribution in [0, 0.1) is 0 Å². The largest absolute Gasteiger partial charge is 0.480 e. The number of aliphatic hydroxyl groups excluding tert-OH is 1. The molecule has 0 spiro atoms. The van der Waals surface area contributed by atoms with E-state index in [0.717, 1.165) is 27.8 Å². The molecule has 1 aliphatic rings. The highest BCUT2D eigenvalue weighted by Crippen LogP contribution is 2.44. The molecule has 9 heteroatoms. The molecule has 0 aromatic heterocycles. The van der Waals surface area contributed by atoms with Crippen LogP contribution >= 0.6 is 0 Å². The van der Waals surface area contributed by atoms with Gasteiger partial charge >= 0.3 is 12.1 Å². The Bertz CT molecular complexity index is 1250. The molecule has 4 N–H and O–H groups in total. The molecular weight excluding hydrogens is 500 g/mol. The number of nitrogens with one attached hydrogen (secondary N) is 2. The maximum atomic E-state index is 12.4. The van der Waals surface area contributed by atoms with Crippen LogP contribution in [-0.2, 0) is 25.7 Å². The molecule has 9 nitrogen and oxygen atoms in total. The van der Waals surface area contributed by atoms with Gasteiger partial charge in [0.2, 0.25) is 5.91 Å². The molecule has 39 heavy (non-hydrogen) atoms. The Labute approximate surface area is 226 Å². The van der Waals surface area contributed by atoms with Crippen molar-refractivity contribution in [2.75, 3.05) is 13.2 Å². The fourth-order valence-corrected chi connectivity index (χ4v) is 4.65. The summed E-state index contributed by atoms with van der Waals surface area (Å²) < 4.78 is 11.0. The monoisotopic (exact) mass is 532 g/mol. The Kier molecular flexibility index (Phi) is 9.30. The molecule has 0 radical (unpaired) electrons. The summed E-state index contributed by atoms with van der Waals surface area (Å²) in [6.45, 7) is 1.63. The van der Waals surface area contributed by atoms with Gasteiger partial charge in [0.25, 0.3) is 0 Å². The Morgan fingerprint density at radius 3 is 2.10 bits per heavy atom. The summed E-state index contributed by atoms with van der Waals surface area (Å²) in [5, 5.41) is 24.6. The van der Waals surface area contributed by atoms with Crippen LogP contribution in [-0.4, -0.2) is 59.6 Å². The van der Waals surface area contributed by atoms with Crippen LogP contribution < -0.4 is 10.6 Å². The van der Waals surface area contributed by atoms with Crippen molar-refractivity contribution in [3.8, 4) is 11.1 Å². The van der Waals surface area contributed by atoms with Crippen LogP contribution in [0.4, 0.5) is 4.79 Å². The van der Waals surface area contributed by atoms with Gasteiger partial charge in [-0.15, -0.1) is 0 Å². The Morgan fingerprint density at radius 2 is 1.49 bits per heavy atom. The maximum Gasteiger partial charge on any atom is 0.407 e. The van der Waals surface area contributed by atoms with E-state index in [1.165, 1.54) is 0 Å². The van der Waals surface area contributed by atoms with Crippen LogP contribution in [0.2, 0.25) is 0 Å². The van der Waals surface area contributed by atoms with Gasteiger partial charge in [0.1, 0.15) is 6.61 Å². The van der Waals surface area contributed by atoms with Crippen molar-refractivity contribution in [3.05, 3.63) is 95.6 Å². The minimum Gasteiger partial charge on any atom is -0.480 e. The van der Waals surface area contributed by atoms with E-state index in [1.807, 2.05) is 78.9 Å². The number of aliphatic hydroxyl groups is 1. The zero-order valence-corrected chi connectivity index (χ0v) is 21.6. The second-order valence-corrected chi connectivity index (χ2v) is 9.45. The van der Waals surface area contributed by atoms with Crippen molar-refractivity contribution >= 4 is 18.0 Å². The van der Waals surface area contributed by atoms with Crippen LogP contribution in [0.25, 0.3) is 11.1 Å². The highest BCUT2D eigenvalue weighted by atomic mass is 16.5. The zero-order valence-electron chi connectivity index (χ0n) is 21.6. The standard InChI is InChI=1S/C30H32N2O7/c1-19(38-17-20-9-3-2-4-10-20)28(29(35)36)32-27(34)15-21(33)16-31-30(37)39-18-26-24-13-7-5-11-22(24)23-12-6-8-14-25(23)26/h2-14,19,21,26,28,33H,15-18H2,1H3,(H,31,37)(H,32,34)(H,35,36). The van der Waals surface area contributed by atoms with Crippen LogP contribution in [0.1, 0.15) is 36.0 Å². The molecule has 204 valence electrons. The van der Waals surface area contributed by atoms with E-state index in [4.69, 9.17) is 9.47 Å². The summed E-state index contributed by atoms with van der Waals surface area (Å²) in [5.41, 5.74) is 5.26. The van der Waals surface area contributed by atoms with Crippen molar-refractivity contribution in [2.24, 2.45) is 0 Å². The van der Waals surface area contributed by atoms with E-state index >= 15 is 0 Å². The molecule has 3 atom stereocenters. The smallest absolute Gasteiger partial charge is 0.407 e. The first-order valence-corrected chi connectivity index (χ1v) is 12.8. The van der Waals surface area contributed by atoms with Gasteiger partial charge in [-0.3, -0.25) is 4.79 Å². The molecule has 4 rings (SSSR count). The highest BCUT2D eigenvalue weighted by molar-refractivity contribution is 5.84. The second kappa shape index (κ2) is 13.0. The SMILES string of the molecule is CC(OCc1ccccc1)C(NC(=O)CC(O)CNC(=O)OCC1c2ccccc2-c2ccccc21)C(=O)O. The lowest BCUT2D eigenvalue weighted by atomic mass is 9.98. The average molecular weight is 533 g/mol. The third-order valence-corrected chi connectivity index (χ3v) is 6.65. The van der Waals surface area contributed by atoms with Gasteiger partial charge in [-0.25, -0.2) is 9.59 Å². The molecule has 3 unspecified atom stereocenters. The fourth-order valence-electron chi connectivity index (χ4n) is 4.65. The van der Waals surface area contributed by atoms with Gasteiger partial charge in [0, 0.05) is 12.5 Å². The summed E-state index contributed by atoms with van der Waals surface area (Å²) in [6, 6.07) is 23.9. The van der Waals surface area contributed by atoms with Crippen LogP contribution in [0.15, 0.2) is 78.9 Å². The van der Waals surface area contributed by atoms with Gasteiger partial charge in [0.05, 0.1) is 25.2 Å². The average Bonchev–Trinajstić information content (AvgIpc) is 3.26. The molecule has 2 amide bonds. The Balaban J connectivity index is 1.21. The van der Waals surface area contributed by atoms with Gasteiger partial charge in [-0.05, 0) is 34.7 Å². The first kappa shape index (κ1) is 27.8. The van der Waals surface area contributed by atoms with Gasteiger partial charge in [-0.2, -0.15) is 0 Å². The predicted molar refractivity (Wildman–Crippen MR) is 144 cm³/mol. The van der Waals surface area contributed by atoms with Crippen molar-refractivity contribution in [2.45, 2.75) is 44.1 Å². The van der Waals surface area contributed by atoms with Crippen molar-refractivity contribution in [1.29, 1.82) is 0 Å². The summed E-state index contributed by atoms with van der Waals surface area (Å²) in [5.74, 6) is -2.03. The molecule has 0 fully saturated rings. The number of carboxylic acid groups (broad SMARTS) is 1. The van der Waals surface area contributed by atoms with E-state index in [-0.39, 0.29) is 25.7 Å². The summed E-state index contributed by atoms with van der Waals surface area (Å²) >= 11 is 0. The number of carbonyl (C=O) groups excluding carboxylic acids is 2. The van der Waals surface area contributed by atoms with Crippen LogP contribution in [0.3, 0.4) is 0 Å². The molecule has 0 aliphatic heterocycles. The number of hydrogen-bond acceptors (Lipinski definition) is 6. The molecule has 3 aromatic carbocycles. The number of carboxylic acids is 1. The van der Waals surface area contributed by atoms with Gasteiger partial charge in [-0.1, -0.05) is 78.9 Å². The van der Waals surface area contributed by atoms with Crippen molar-refractivity contribution < 1.29 is 34.1 Å². The lowest BCUT2D eigenvalue weighted by Gasteiger charge is -2.22.